The van der Waals surface area contributed by atoms with E-state index in [0.29, 0.717) is 10.6 Å². The molecule has 3 aromatic carbocycles. The van der Waals surface area contributed by atoms with Crippen LogP contribution in [0.5, 0.6) is 0 Å². The van der Waals surface area contributed by atoms with Gasteiger partial charge in [0.15, 0.2) is 12.4 Å². The average molecular weight is 385 g/mol. The summed E-state index contributed by atoms with van der Waals surface area (Å²) in [5, 5.41) is 0.586. The summed E-state index contributed by atoms with van der Waals surface area (Å²) < 4.78 is 5.06. The number of benzene rings is 3. The summed E-state index contributed by atoms with van der Waals surface area (Å²) in [5.41, 5.74) is 2.67. The van der Waals surface area contributed by atoms with Crippen molar-refractivity contribution in [1.82, 2.24) is 0 Å². The molecule has 0 aliphatic heterocycles. The highest BCUT2D eigenvalue weighted by molar-refractivity contribution is 6.35. The maximum absolute atomic E-state index is 12.2. The number of hydrogen-bond acceptors (Lipinski definition) is 3. The summed E-state index contributed by atoms with van der Waals surface area (Å²) >= 11 is 11.8. The van der Waals surface area contributed by atoms with Crippen molar-refractivity contribution in [2.24, 2.45) is 0 Å². The van der Waals surface area contributed by atoms with Crippen LogP contribution in [-0.2, 0) is 4.74 Å². The Morgan fingerprint density at radius 2 is 1.46 bits per heavy atom. The van der Waals surface area contributed by atoms with Crippen LogP contribution >= 0.6 is 23.2 Å². The third-order valence-electron chi connectivity index (χ3n) is 3.80. The second-order valence-electron chi connectivity index (χ2n) is 5.57. The minimum absolute atomic E-state index is 0.131. The monoisotopic (exact) mass is 384 g/mol. The summed E-state index contributed by atoms with van der Waals surface area (Å²) in [6.45, 7) is -0.369. The van der Waals surface area contributed by atoms with Gasteiger partial charge in [-0.3, -0.25) is 4.79 Å². The van der Waals surface area contributed by atoms with Crippen molar-refractivity contribution in [1.29, 1.82) is 0 Å². The molecule has 0 fully saturated rings. The maximum Gasteiger partial charge on any atom is 0.340 e. The van der Waals surface area contributed by atoms with Crippen LogP contribution in [0.15, 0.2) is 72.8 Å². The summed E-state index contributed by atoms with van der Waals surface area (Å²) in [5.74, 6) is -0.983. The van der Waals surface area contributed by atoms with Crippen molar-refractivity contribution >= 4 is 35.0 Å². The number of rotatable bonds is 5. The third-order valence-corrected chi connectivity index (χ3v) is 4.36. The van der Waals surface area contributed by atoms with Crippen molar-refractivity contribution in [2.45, 2.75) is 0 Å². The topological polar surface area (TPSA) is 43.4 Å². The lowest BCUT2D eigenvalue weighted by Crippen LogP contribution is -2.14. The van der Waals surface area contributed by atoms with Crippen molar-refractivity contribution in [3.05, 3.63) is 94.0 Å². The first kappa shape index (κ1) is 18.2. The van der Waals surface area contributed by atoms with Gasteiger partial charge in [-0.2, -0.15) is 0 Å². The number of hydrogen-bond donors (Lipinski definition) is 0. The molecular weight excluding hydrogens is 371 g/mol. The van der Waals surface area contributed by atoms with Gasteiger partial charge in [0.2, 0.25) is 0 Å². The highest BCUT2D eigenvalue weighted by Crippen LogP contribution is 2.22. The fourth-order valence-electron chi connectivity index (χ4n) is 2.43. The first-order valence-corrected chi connectivity index (χ1v) is 8.61. The third kappa shape index (κ3) is 4.31. The van der Waals surface area contributed by atoms with Crippen LogP contribution < -0.4 is 0 Å². The second-order valence-corrected chi connectivity index (χ2v) is 6.41. The Kier molecular flexibility index (Phi) is 5.71. The Bertz CT molecular complexity index is 935. The van der Waals surface area contributed by atoms with Crippen molar-refractivity contribution < 1.29 is 14.3 Å². The molecule has 0 aliphatic carbocycles. The summed E-state index contributed by atoms with van der Waals surface area (Å²) in [6.07, 6.45) is 0. The van der Waals surface area contributed by atoms with Gasteiger partial charge in [0.1, 0.15) is 0 Å². The molecule has 0 atom stereocenters. The largest absolute Gasteiger partial charge is 0.454 e. The number of esters is 1. The molecule has 0 radical (unpaired) electrons. The molecule has 0 aliphatic rings. The molecule has 0 unspecified atom stereocenters. The van der Waals surface area contributed by atoms with E-state index < -0.39 is 5.97 Å². The van der Waals surface area contributed by atoms with Crippen LogP contribution in [0.25, 0.3) is 11.1 Å². The standard InChI is InChI=1S/C21H14Cl2O3/c22-17-10-11-19(23)18(12-17)21(25)26-13-20(24)16-8-6-15(7-9-16)14-4-2-1-3-5-14/h1-12H,13H2. The maximum atomic E-state index is 12.2. The molecule has 0 aromatic heterocycles. The minimum Gasteiger partial charge on any atom is -0.454 e. The second kappa shape index (κ2) is 8.17. The highest BCUT2D eigenvalue weighted by atomic mass is 35.5. The Balaban J connectivity index is 1.65. The lowest BCUT2D eigenvalue weighted by atomic mass is 10.0. The average Bonchev–Trinajstić information content (AvgIpc) is 2.68. The molecule has 0 amide bonds. The van der Waals surface area contributed by atoms with Gasteiger partial charge < -0.3 is 4.74 Å². The molecule has 0 heterocycles. The summed E-state index contributed by atoms with van der Waals surface area (Å²) in [6, 6.07) is 21.5. The van der Waals surface area contributed by atoms with Gasteiger partial charge in [0.05, 0.1) is 10.6 Å². The number of ketones is 1. The van der Waals surface area contributed by atoms with Crippen LogP contribution in [0.3, 0.4) is 0 Å². The fourth-order valence-corrected chi connectivity index (χ4v) is 2.79. The van der Waals surface area contributed by atoms with Gasteiger partial charge in [0.25, 0.3) is 0 Å². The van der Waals surface area contributed by atoms with Crippen LogP contribution in [0, 0.1) is 0 Å². The number of halogens is 2. The molecule has 0 saturated carbocycles. The SMILES string of the molecule is O=C(COC(=O)c1cc(Cl)ccc1Cl)c1ccc(-c2ccccc2)cc1. The summed E-state index contributed by atoms with van der Waals surface area (Å²) in [4.78, 5) is 24.3. The Morgan fingerprint density at radius 1 is 0.808 bits per heavy atom. The highest BCUT2D eigenvalue weighted by Gasteiger charge is 2.15. The predicted molar refractivity (Wildman–Crippen MR) is 103 cm³/mol. The lowest BCUT2D eigenvalue weighted by Gasteiger charge is -2.07. The zero-order valence-electron chi connectivity index (χ0n) is 13.6. The molecule has 3 rings (SSSR count). The van der Waals surface area contributed by atoms with E-state index in [4.69, 9.17) is 27.9 Å². The zero-order chi connectivity index (χ0) is 18.5. The number of carbonyl (C=O) groups excluding carboxylic acids is 2. The molecule has 3 nitrogen and oxygen atoms in total. The van der Waals surface area contributed by atoms with E-state index in [1.54, 1.807) is 18.2 Å². The molecule has 0 bridgehead atoms. The Labute approximate surface area is 161 Å². The molecular formula is C21H14Cl2O3. The van der Waals surface area contributed by atoms with Gasteiger partial charge in [-0.05, 0) is 29.3 Å². The van der Waals surface area contributed by atoms with Gasteiger partial charge >= 0.3 is 5.97 Å². The number of carbonyl (C=O) groups is 2. The van der Waals surface area contributed by atoms with Gasteiger partial charge in [-0.25, -0.2) is 4.79 Å². The smallest absolute Gasteiger partial charge is 0.340 e. The van der Waals surface area contributed by atoms with Gasteiger partial charge in [-0.1, -0.05) is 77.8 Å². The molecule has 3 aromatic rings. The normalized spacial score (nSPS) is 10.4. The van der Waals surface area contributed by atoms with Crippen molar-refractivity contribution in [3.8, 4) is 11.1 Å². The van der Waals surface area contributed by atoms with E-state index in [1.165, 1.54) is 12.1 Å². The van der Waals surface area contributed by atoms with E-state index in [1.807, 2.05) is 42.5 Å². The molecule has 0 N–H and O–H groups in total. The lowest BCUT2D eigenvalue weighted by molar-refractivity contribution is 0.0475. The van der Waals surface area contributed by atoms with Crippen LogP contribution in [-0.4, -0.2) is 18.4 Å². The fraction of sp³-hybridized carbons (Fsp3) is 0.0476. The summed E-state index contributed by atoms with van der Waals surface area (Å²) in [7, 11) is 0. The zero-order valence-corrected chi connectivity index (χ0v) is 15.1. The van der Waals surface area contributed by atoms with Crippen LogP contribution in [0.1, 0.15) is 20.7 Å². The number of ether oxygens (including phenoxy) is 1. The van der Waals surface area contributed by atoms with E-state index in [2.05, 4.69) is 0 Å². The van der Waals surface area contributed by atoms with E-state index in [9.17, 15) is 9.59 Å². The quantitative estimate of drug-likeness (QED) is 0.418. The van der Waals surface area contributed by atoms with E-state index in [0.717, 1.165) is 11.1 Å². The minimum atomic E-state index is -0.688. The molecule has 26 heavy (non-hydrogen) atoms. The molecule has 0 saturated heterocycles. The van der Waals surface area contributed by atoms with Crippen molar-refractivity contribution in [2.75, 3.05) is 6.61 Å². The first-order chi connectivity index (χ1) is 12.5. The molecule has 5 heteroatoms. The van der Waals surface area contributed by atoms with E-state index >= 15 is 0 Å². The number of Topliss-reactive ketones (excluding diaryl/α,β-unsaturated/α-hetero) is 1. The van der Waals surface area contributed by atoms with Gasteiger partial charge in [-0.15, -0.1) is 0 Å². The molecule has 130 valence electrons. The van der Waals surface area contributed by atoms with Crippen LogP contribution in [0.4, 0.5) is 0 Å². The predicted octanol–water partition coefficient (Wildman–Crippen LogP) is 5.70. The van der Waals surface area contributed by atoms with E-state index in [-0.39, 0.29) is 23.0 Å². The Morgan fingerprint density at radius 3 is 2.15 bits per heavy atom. The first-order valence-electron chi connectivity index (χ1n) is 7.85. The molecule has 0 spiro atoms. The van der Waals surface area contributed by atoms with Crippen molar-refractivity contribution in [3.63, 3.8) is 0 Å². The van der Waals surface area contributed by atoms with Gasteiger partial charge in [0, 0.05) is 10.6 Å². The Hall–Kier alpha value is -2.62. The van der Waals surface area contributed by atoms with Crippen LogP contribution in [0.2, 0.25) is 10.0 Å².